The first-order valence-corrected chi connectivity index (χ1v) is 5.19. The fraction of sp³-hybridized carbons (Fsp3) is 0.400. The molecular weight excluding hydrogens is 270 g/mol. The maximum Gasteiger partial charge on any atom is 0.387 e. The normalized spacial score (nSPS) is 12.9. The van der Waals surface area contributed by atoms with E-state index in [4.69, 9.17) is 5.11 Å². The largest absolute Gasteiger partial charge is 0.434 e. The molecule has 0 radical (unpaired) electrons. The Hall–Kier alpha value is -0.680. The zero-order valence-electron chi connectivity index (χ0n) is 8.08. The van der Waals surface area contributed by atoms with Crippen LogP contribution in [-0.4, -0.2) is 18.3 Å². The van der Waals surface area contributed by atoms with Crippen LogP contribution in [0.25, 0.3) is 0 Å². The van der Waals surface area contributed by atoms with Crippen molar-refractivity contribution >= 4 is 15.9 Å². The molecule has 0 bridgehead atoms. The predicted octanol–water partition coefficient (Wildman–Crippen LogP) is 3.15. The van der Waals surface area contributed by atoms with Crippen molar-refractivity contribution < 1.29 is 18.6 Å². The highest BCUT2D eigenvalue weighted by atomic mass is 79.9. The number of ether oxygens (including phenoxy) is 1. The minimum absolute atomic E-state index is 0.0449. The van der Waals surface area contributed by atoms with Crippen LogP contribution in [0, 0.1) is 0 Å². The second-order valence-electron chi connectivity index (χ2n) is 3.12. The fourth-order valence-electron chi connectivity index (χ4n) is 1.19. The molecule has 0 amide bonds. The van der Waals surface area contributed by atoms with Crippen molar-refractivity contribution in [3.05, 3.63) is 28.2 Å². The first kappa shape index (κ1) is 12.4. The van der Waals surface area contributed by atoms with Crippen LogP contribution in [-0.2, 0) is 0 Å². The van der Waals surface area contributed by atoms with E-state index in [1.54, 1.807) is 19.1 Å². The Morgan fingerprint density at radius 2 is 2.13 bits per heavy atom. The molecule has 1 aromatic rings. The number of alkyl halides is 2. The molecule has 0 saturated heterocycles. The van der Waals surface area contributed by atoms with Gasteiger partial charge in [0.2, 0.25) is 0 Å². The van der Waals surface area contributed by atoms with E-state index in [2.05, 4.69) is 20.7 Å². The topological polar surface area (TPSA) is 29.5 Å². The molecule has 1 N–H and O–H groups in total. The Bertz CT molecular complexity index is 331. The summed E-state index contributed by atoms with van der Waals surface area (Å²) in [6.45, 7) is -1.09. The molecule has 2 nitrogen and oxygen atoms in total. The zero-order chi connectivity index (χ0) is 11.4. The van der Waals surface area contributed by atoms with Crippen molar-refractivity contribution in [1.29, 1.82) is 0 Å². The lowest BCUT2D eigenvalue weighted by molar-refractivity contribution is -0.0504. The number of aliphatic hydroxyl groups excluding tert-OH is 1. The van der Waals surface area contributed by atoms with Crippen LogP contribution >= 0.6 is 15.9 Å². The van der Waals surface area contributed by atoms with Gasteiger partial charge in [-0.15, -0.1) is 0 Å². The second-order valence-corrected chi connectivity index (χ2v) is 3.91. The van der Waals surface area contributed by atoms with Gasteiger partial charge in [-0.05, 0) is 27.6 Å². The standard InChI is InChI=1S/C10H11BrF2O2/c1-6(5-14)7-3-2-4-8(9(7)11)15-10(12)13/h2-4,6,10,14H,5H2,1H3. The Morgan fingerprint density at radius 1 is 1.47 bits per heavy atom. The smallest absolute Gasteiger partial charge is 0.387 e. The van der Waals surface area contributed by atoms with Crippen molar-refractivity contribution in [2.24, 2.45) is 0 Å². The van der Waals surface area contributed by atoms with Gasteiger partial charge in [0.05, 0.1) is 4.47 Å². The number of hydrogen-bond donors (Lipinski definition) is 1. The molecule has 0 saturated carbocycles. The van der Waals surface area contributed by atoms with E-state index in [0.29, 0.717) is 4.47 Å². The van der Waals surface area contributed by atoms with Gasteiger partial charge in [-0.1, -0.05) is 19.1 Å². The van der Waals surface area contributed by atoms with Crippen LogP contribution in [0.3, 0.4) is 0 Å². The zero-order valence-corrected chi connectivity index (χ0v) is 9.67. The van der Waals surface area contributed by atoms with Gasteiger partial charge in [0, 0.05) is 12.5 Å². The number of hydrogen-bond acceptors (Lipinski definition) is 2. The lowest BCUT2D eigenvalue weighted by Crippen LogP contribution is -2.05. The van der Waals surface area contributed by atoms with E-state index < -0.39 is 6.61 Å². The summed E-state index contributed by atoms with van der Waals surface area (Å²) in [4.78, 5) is 0. The van der Waals surface area contributed by atoms with Gasteiger partial charge < -0.3 is 9.84 Å². The summed E-state index contributed by atoms with van der Waals surface area (Å²) in [5, 5.41) is 8.98. The number of benzene rings is 1. The molecule has 1 unspecified atom stereocenters. The summed E-state index contributed by atoms with van der Waals surface area (Å²) in [6, 6.07) is 4.82. The van der Waals surface area contributed by atoms with E-state index in [-0.39, 0.29) is 18.3 Å². The second kappa shape index (κ2) is 5.42. The van der Waals surface area contributed by atoms with Crippen LogP contribution < -0.4 is 4.74 Å². The quantitative estimate of drug-likeness (QED) is 0.918. The van der Waals surface area contributed by atoms with Crippen molar-refractivity contribution in [3.63, 3.8) is 0 Å². The van der Waals surface area contributed by atoms with Crippen molar-refractivity contribution in [2.75, 3.05) is 6.61 Å². The maximum absolute atomic E-state index is 12.0. The maximum atomic E-state index is 12.0. The summed E-state index contributed by atoms with van der Waals surface area (Å²) in [5.41, 5.74) is 0.746. The van der Waals surface area contributed by atoms with Crippen molar-refractivity contribution in [1.82, 2.24) is 0 Å². The highest BCUT2D eigenvalue weighted by molar-refractivity contribution is 9.10. The minimum Gasteiger partial charge on any atom is -0.434 e. The average Bonchev–Trinajstić information content (AvgIpc) is 2.19. The van der Waals surface area contributed by atoms with Gasteiger partial charge >= 0.3 is 6.61 Å². The van der Waals surface area contributed by atoms with E-state index in [1.807, 2.05) is 0 Å². The fourth-order valence-corrected chi connectivity index (χ4v) is 1.94. The molecule has 0 fully saturated rings. The summed E-state index contributed by atoms with van der Waals surface area (Å²) >= 11 is 3.18. The van der Waals surface area contributed by atoms with E-state index in [0.717, 1.165) is 5.56 Å². The van der Waals surface area contributed by atoms with Crippen LogP contribution in [0.4, 0.5) is 8.78 Å². The Morgan fingerprint density at radius 3 is 2.67 bits per heavy atom. The van der Waals surface area contributed by atoms with Crippen LogP contribution in [0.5, 0.6) is 5.75 Å². The van der Waals surface area contributed by atoms with E-state index in [1.165, 1.54) is 6.07 Å². The molecular formula is C10H11BrF2O2. The van der Waals surface area contributed by atoms with Crippen molar-refractivity contribution in [3.8, 4) is 5.75 Å². The third-order valence-corrected chi connectivity index (χ3v) is 2.86. The number of rotatable bonds is 4. The lowest BCUT2D eigenvalue weighted by Gasteiger charge is -2.14. The van der Waals surface area contributed by atoms with Gasteiger partial charge in [-0.3, -0.25) is 0 Å². The molecule has 1 atom stereocenters. The van der Waals surface area contributed by atoms with E-state index in [9.17, 15) is 8.78 Å². The lowest BCUT2D eigenvalue weighted by atomic mass is 10.0. The van der Waals surface area contributed by atoms with Gasteiger partial charge in [-0.2, -0.15) is 8.78 Å². The molecule has 0 aliphatic rings. The molecule has 0 aliphatic heterocycles. The average molecular weight is 281 g/mol. The molecule has 5 heteroatoms. The highest BCUT2D eigenvalue weighted by Crippen LogP contribution is 2.33. The molecule has 0 heterocycles. The Kier molecular flexibility index (Phi) is 4.47. The van der Waals surface area contributed by atoms with Crippen molar-refractivity contribution in [2.45, 2.75) is 19.5 Å². The molecule has 0 aliphatic carbocycles. The molecule has 0 aromatic heterocycles. The molecule has 1 aromatic carbocycles. The highest BCUT2D eigenvalue weighted by Gasteiger charge is 2.14. The van der Waals surface area contributed by atoms with Gasteiger partial charge in [0.25, 0.3) is 0 Å². The molecule has 1 rings (SSSR count). The van der Waals surface area contributed by atoms with Gasteiger partial charge in [0.1, 0.15) is 5.75 Å². The first-order valence-electron chi connectivity index (χ1n) is 4.40. The van der Waals surface area contributed by atoms with Gasteiger partial charge in [0.15, 0.2) is 0 Å². The molecule has 84 valence electrons. The number of halogens is 3. The third-order valence-electron chi connectivity index (χ3n) is 2.01. The van der Waals surface area contributed by atoms with E-state index >= 15 is 0 Å². The molecule has 15 heavy (non-hydrogen) atoms. The summed E-state index contributed by atoms with van der Waals surface area (Å²) < 4.78 is 28.8. The summed E-state index contributed by atoms with van der Waals surface area (Å²) in [6.07, 6.45) is 0. The van der Waals surface area contributed by atoms with Gasteiger partial charge in [-0.25, -0.2) is 0 Å². The van der Waals surface area contributed by atoms with Crippen LogP contribution in [0.2, 0.25) is 0 Å². The monoisotopic (exact) mass is 280 g/mol. The Labute approximate surface area is 95.0 Å². The molecule has 0 spiro atoms. The SMILES string of the molecule is CC(CO)c1cccc(OC(F)F)c1Br. The summed E-state index contributed by atoms with van der Waals surface area (Å²) in [5.74, 6) is -0.0385. The summed E-state index contributed by atoms with van der Waals surface area (Å²) in [7, 11) is 0. The predicted molar refractivity (Wildman–Crippen MR) is 56.3 cm³/mol. The number of aliphatic hydroxyl groups is 1. The van der Waals surface area contributed by atoms with Crippen LogP contribution in [0.1, 0.15) is 18.4 Å². The third kappa shape index (κ3) is 3.14. The first-order chi connectivity index (χ1) is 7.06. The minimum atomic E-state index is -2.85. The van der Waals surface area contributed by atoms with Crippen LogP contribution in [0.15, 0.2) is 22.7 Å². The Balaban J connectivity index is 3.00.